The average molecular weight is 310 g/mol. The van der Waals surface area contributed by atoms with Gasteiger partial charge < -0.3 is 5.32 Å². The van der Waals surface area contributed by atoms with E-state index in [0.717, 1.165) is 13.0 Å². The summed E-state index contributed by atoms with van der Waals surface area (Å²) < 4.78 is 0. The van der Waals surface area contributed by atoms with Crippen molar-refractivity contribution in [3.05, 3.63) is 16.1 Å². The Morgan fingerprint density at radius 3 is 2.48 bits per heavy atom. The van der Waals surface area contributed by atoms with E-state index in [0.29, 0.717) is 6.04 Å². The van der Waals surface area contributed by atoms with Crippen LogP contribution in [0.4, 0.5) is 0 Å². The van der Waals surface area contributed by atoms with Gasteiger partial charge in [-0.05, 0) is 53.2 Å². The van der Waals surface area contributed by atoms with Crippen molar-refractivity contribution in [2.45, 2.75) is 71.4 Å². The maximum Gasteiger partial charge on any atom is 0.0897 e. The minimum atomic E-state index is 0.178. The summed E-state index contributed by atoms with van der Waals surface area (Å²) >= 11 is 1.76. The second-order valence-electron chi connectivity index (χ2n) is 6.73. The molecule has 4 heteroatoms. The van der Waals surface area contributed by atoms with E-state index in [-0.39, 0.29) is 5.54 Å². The van der Waals surface area contributed by atoms with Gasteiger partial charge in [0.2, 0.25) is 0 Å². The monoisotopic (exact) mass is 309 g/mol. The highest BCUT2D eigenvalue weighted by Gasteiger charge is 2.35. The lowest BCUT2D eigenvalue weighted by molar-refractivity contribution is 0.0837. The second-order valence-corrected chi connectivity index (χ2v) is 7.79. The Bertz CT molecular complexity index is 419. The van der Waals surface area contributed by atoms with Crippen LogP contribution in [0.3, 0.4) is 0 Å². The van der Waals surface area contributed by atoms with Gasteiger partial charge in [-0.25, -0.2) is 4.98 Å². The molecule has 21 heavy (non-hydrogen) atoms. The van der Waals surface area contributed by atoms with Gasteiger partial charge >= 0.3 is 0 Å². The molecule has 1 aromatic heterocycles. The zero-order chi connectivity index (χ0) is 15.3. The van der Waals surface area contributed by atoms with Crippen LogP contribution in [-0.4, -0.2) is 41.1 Å². The molecule has 0 spiro atoms. The Balaban J connectivity index is 2.10. The number of nitrogens with one attached hydrogen (secondary N) is 1. The van der Waals surface area contributed by atoms with Crippen molar-refractivity contribution in [1.82, 2.24) is 15.2 Å². The number of likely N-dealkylation sites (tertiary alicyclic amines) is 1. The molecule has 0 bridgehead atoms. The first-order valence-electron chi connectivity index (χ1n) is 8.43. The van der Waals surface area contributed by atoms with E-state index in [1.54, 1.807) is 11.3 Å². The number of aryl methyl sites for hydroxylation is 1. The highest BCUT2D eigenvalue weighted by molar-refractivity contribution is 7.09. The lowest BCUT2D eigenvalue weighted by atomic mass is 9.88. The number of nitrogens with zero attached hydrogens (tertiary/aromatic N) is 2. The molecule has 0 amide bonds. The molecular weight excluding hydrogens is 278 g/mol. The predicted molar refractivity (Wildman–Crippen MR) is 92.1 cm³/mol. The smallest absolute Gasteiger partial charge is 0.0897 e. The van der Waals surface area contributed by atoms with E-state index in [9.17, 15) is 0 Å². The van der Waals surface area contributed by atoms with Crippen LogP contribution in [0, 0.1) is 6.92 Å². The first kappa shape index (κ1) is 16.9. The zero-order valence-electron chi connectivity index (χ0n) is 14.1. The maximum absolute atomic E-state index is 4.67. The molecular formula is C17H31N3S. The molecule has 1 fully saturated rings. The SMILES string of the molecule is CCNC(Cc1csc(C)n1)C(C)(C)N1CCCCCC1. The van der Waals surface area contributed by atoms with Gasteiger partial charge in [0.15, 0.2) is 0 Å². The van der Waals surface area contributed by atoms with Crippen LogP contribution in [0.2, 0.25) is 0 Å². The Morgan fingerprint density at radius 2 is 1.95 bits per heavy atom. The number of thiazole rings is 1. The number of aromatic nitrogens is 1. The first-order chi connectivity index (χ1) is 10.0. The summed E-state index contributed by atoms with van der Waals surface area (Å²) in [6.45, 7) is 12.6. The Labute approximate surface area is 134 Å². The van der Waals surface area contributed by atoms with Crippen molar-refractivity contribution in [2.75, 3.05) is 19.6 Å². The molecule has 1 N–H and O–H groups in total. The van der Waals surface area contributed by atoms with Crippen molar-refractivity contribution < 1.29 is 0 Å². The number of rotatable bonds is 6. The summed E-state index contributed by atoms with van der Waals surface area (Å²) in [5.74, 6) is 0. The molecule has 1 unspecified atom stereocenters. The summed E-state index contributed by atoms with van der Waals surface area (Å²) in [7, 11) is 0. The molecule has 0 aromatic carbocycles. The van der Waals surface area contributed by atoms with Crippen LogP contribution < -0.4 is 5.32 Å². The molecule has 3 nitrogen and oxygen atoms in total. The van der Waals surface area contributed by atoms with Gasteiger partial charge in [-0.2, -0.15) is 0 Å². The molecule has 0 radical (unpaired) electrons. The lowest BCUT2D eigenvalue weighted by Gasteiger charge is -2.44. The van der Waals surface area contributed by atoms with E-state index in [4.69, 9.17) is 0 Å². The normalized spacial score (nSPS) is 19.4. The van der Waals surface area contributed by atoms with E-state index >= 15 is 0 Å². The highest BCUT2D eigenvalue weighted by atomic mass is 32.1. The van der Waals surface area contributed by atoms with E-state index < -0.39 is 0 Å². The molecule has 1 saturated heterocycles. The maximum atomic E-state index is 4.67. The van der Waals surface area contributed by atoms with Crippen molar-refractivity contribution in [1.29, 1.82) is 0 Å². The van der Waals surface area contributed by atoms with Crippen molar-refractivity contribution in [2.24, 2.45) is 0 Å². The van der Waals surface area contributed by atoms with Crippen LogP contribution >= 0.6 is 11.3 Å². The van der Waals surface area contributed by atoms with Crippen LogP contribution in [0.5, 0.6) is 0 Å². The van der Waals surface area contributed by atoms with Crippen LogP contribution in [0.25, 0.3) is 0 Å². The third-order valence-corrected chi connectivity index (χ3v) is 5.63. The quantitative estimate of drug-likeness (QED) is 0.870. The molecule has 1 atom stereocenters. The minimum Gasteiger partial charge on any atom is -0.312 e. The fraction of sp³-hybridized carbons (Fsp3) is 0.824. The molecule has 1 aliphatic heterocycles. The average Bonchev–Trinajstić information content (AvgIpc) is 2.68. The Hall–Kier alpha value is -0.450. The predicted octanol–water partition coefficient (Wildman–Crippen LogP) is 3.63. The van der Waals surface area contributed by atoms with Crippen LogP contribution in [-0.2, 0) is 6.42 Å². The van der Waals surface area contributed by atoms with Crippen LogP contribution in [0.15, 0.2) is 5.38 Å². The van der Waals surface area contributed by atoms with E-state index in [1.807, 2.05) is 0 Å². The summed E-state index contributed by atoms with van der Waals surface area (Å²) in [4.78, 5) is 7.37. The zero-order valence-corrected chi connectivity index (χ0v) is 14.9. The second kappa shape index (κ2) is 7.70. The fourth-order valence-electron chi connectivity index (χ4n) is 3.40. The van der Waals surface area contributed by atoms with Gasteiger partial charge in [0.1, 0.15) is 0 Å². The van der Waals surface area contributed by atoms with Gasteiger partial charge in [-0.15, -0.1) is 11.3 Å². The van der Waals surface area contributed by atoms with Gasteiger partial charge in [0, 0.05) is 23.4 Å². The largest absolute Gasteiger partial charge is 0.312 e. The molecule has 2 rings (SSSR count). The lowest BCUT2D eigenvalue weighted by Crippen LogP contribution is -2.58. The Kier molecular flexibility index (Phi) is 6.20. The fourth-order valence-corrected chi connectivity index (χ4v) is 4.02. The van der Waals surface area contributed by atoms with E-state index in [2.05, 4.69) is 48.3 Å². The third-order valence-electron chi connectivity index (χ3n) is 4.80. The number of hydrogen-bond donors (Lipinski definition) is 1. The first-order valence-corrected chi connectivity index (χ1v) is 9.31. The summed E-state index contributed by atoms with van der Waals surface area (Å²) in [6.07, 6.45) is 6.51. The standard InChI is InChI=1S/C17H31N3S/c1-5-18-16(12-15-13-21-14(2)19-15)17(3,4)20-10-8-6-7-9-11-20/h13,16,18H,5-12H2,1-4H3. The van der Waals surface area contributed by atoms with Crippen molar-refractivity contribution in [3.63, 3.8) is 0 Å². The van der Waals surface area contributed by atoms with Crippen molar-refractivity contribution in [3.8, 4) is 0 Å². The van der Waals surface area contributed by atoms with Gasteiger partial charge in [0.25, 0.3) is 0 Å². The van der Waals surface area contributed by atoms with Gasteiger partial charge in [0.05, 0.1) is 10.7 Å². The molecule has 0 aliphatic carbocycles. The van der Waals surface area contributed by atoms with Gasteiger partial charge in [-0.3, -0.25) is 4.90 Å². The van der Waals surface area contributed by atoms with E-state index in [1.165, 1.54) is 49.5 Å². The minimum absolute atomic E-state index is 0.178. The van der Waals surface area contributed by atoms with Crippen molar-refractivity contribution >= 4 is 11.3 Å². The van der Waals surface area contributed by atoms with Crippen LogP contribution in [0.1, 0.15) is 57.2 Å². The molecule has 1 aromatic rings. The summed E-state index contributed by atoms with van der Waals surface area (Å²) in [6, 6.07) is 0.460. The molecule has 1 aliphatic rings. The number of likely N-dealkylation sites (N-methyl/N-ethyl adjacent to an activating group) is 1. The summed E-state index contributed by atoms with van der Waals surface area (Å²) in [5, 5.41) is 7.12. The topological polar surface area (TPSA) is 28.2 Å². The molecule has 0 saturated carbocycles. The van der Waals surface area contributed by atoms with Gasteiger partial charge in [-0.1, -0.05) is 19.8 Å². The third kappa shape index (κ3) is 4.51. The Morgan fingerprint density at radius 1 is 1.29 bits per heavy atom. The molecule has 120 valence electrons. The molecule has 2 heterocycles. The number of hydrogen-bond acceptors (Lipinski definition) is 4. The summed E-state index contributed by atoms with van der Waals surface area (Å²) in [5.41, 5.74) is 1.42. The highest BCUT2D eigenvalue weighted by Crippen LogP contribution is 2.26.